The number of nitrogens with one attached hydrogen (secondary N) is 1. The second-order valence-electron chi connectivity index (χ2n) is 4.98. The van der Waals surface area contributed by atoms with Crippen LogP contribution in [0.4, 0.5) is 0 Å². The van der Waals surface area contributed by atoms with E-state index in [2.05, 4.69) is 42.4 Å². The van der Waals surface area contributed by atoms with Crippen molar-refractivity contribution in [3.05, 3.63) is 33.8 Å². The third-order valence-electron chi connectivity index (χ3n) is 3.41. The van der Waals surface area contributed by atoms with E-state index in [4.69, 9.17) is 23.2 Å². The Morgan fingerprint density at radius 3 is 2.50 bits per heavy atom. The molecule has 1 aliphatic rings. The highest BCUT2D eigenvalue weighted by atomic mass is 79.9. The van der Waals surface area contributed by atoms with Gasteiger partial charge in [-0.1, -0.05) is 61.1 Å². The SMILES string of the molecule is C/C(=N\NC(=O)C1(C)CC1(Br)Br)c1ccc(Cl)cc1Cl. The Labute approximate surface area is 144 Å². The molecule has 1 atom stereocenters. The van der Waals surface area contributed by atoms with Crippen molar-refractivity contribution < 1.29 is 4.79 Å². The van der Waals surface area contributed by atoms with Gasteiger partial charge in [0, 0.05) is 10.6 Å². The Kier molecular flexibility index (Phi) is 4.55. The number of hydrogen-bond acceptors (Lipinski definition) is 2. The standard InChI is InChI=1S/C13H12Br2Cl2N2O/c1-7(9-4-3-8(16)5-10(9)17)18-19-11(20)12(2)6-13(12,14)15/h3-5H,6H2,1-2H3,(H,19,20)/b18-7+. The number of benzene rings is 1. The maximum absolute atomic E-state index is 12.1. The first-order valence-electron chi connectivity index (χ1n) is 5.85. The summed E-state index contributed by atoms with van der Waals surface area (Å²) in [5.41, 5.74) is 3.44. The molecular formula is C13H12Br2Cl2N2O. The van der Waals surface area contributed by atoms with E-state index in [1.165, 1.54) is 0 Å². The minimum atomic E-state index is -0.499. The molecule has 3 nitrogen and oxygen atoms in total. The second-order valence-corrected chi connectivity index (χ2v) is 9.59. The van der Waals surface area contributed by atoms with Gasteiger partial charge in [0.15, 0.2) is 0 Å². The number of carbonyl (C=O) groups excluding carboxylic acids is 1. The van der Waals surface area contributed by atoms with Gasteiger partial charge in [-0.25, -0.2) is 5.43 Å². The lowest BCUT2D eigenvalue weighted by Crippen LogP contribution is -2.30. The van der Waals surface area contributed by atoms with Crippen LogP contribution in [-0.4, -0.2) is 14.9 Å². The maximum atomic E-state index is 12.1. The van der Waals surface area contributed by atoms with Gasteiger partial charge in [-0.3, -0.25) is 4.79 Å². The summed E-state index contributed by atoms with van der Waals surface area (Å²) in [5.74, 6) is -0.143. The van der Waals surface area contributed by atoms with E-state index in [-0.39, 0.29) is 9.14 Å². The number of rotatable bonds is 3. The number of carbonyl (C=O) groups is 1. The first-order chi connectivity index (χ1) is 9.17. The average Bonchev–Trinajstić information content (AvgIpc) is 2.86. The Hall–Kier alpha value is -0.100. The smallest absolute Gasteiger partial charge is 0.248 e. The predicted octanol–water partition coefficient (Wildman–Crippen LogP) is 4.73. The number of halogens is 4. The molecule has 1 saturated carbocycles. The zero-order chi connectivity index (χ0) is 15.1. The fourth-order valence-corrected chi connectivity index (χ4v) is 3.77. The molecule has 0 radical (unpaired) electrons. The molecule has 108 valence electrons. The molecule has 1 unspecified atom stereocenters. The van der Waals surface area contributed by atoms with Gasteiger partial charge in [0.2, 0.25) is 5.91 Å². The van der Waals surface area contributed by atoms with Crippen LogP contribution in [0.5, 0.6) is 0 Å². The molecule has 0 aromatic heterocycles. The second kappa shape index (κ2) is 5.59. The van der Waals surface area contributed by atoms with Crippen LogP contribution in [0, 0.1) is 5.41 Å². The van der Waals surface area contributed by atoms with Crippen LogP contribution >= 0.6 is 55.1 Å². The van der Waals surface area contributed by atoms with Crippen molar-refractivity contribution in [2.75, 3.05) is 0 Å². The zero-order valence-electron chi connectivity index (χ0n) is 10.8. The first kappa shape index (κ1) is 16.3. The molecule has 0 spiro atoms. The van der Waals surface area contributed by atoms with Crippen LogP contribution in [0.2, 0.25) is 10.0 Å². The van der Waals surface area contributed by atoms with Crippen LogP contribution in [-0.2, 0) is 4.79 Å². The molecule has 1 N–H and O–H groups in total. The van der Waals surface area contributed by atoms with Gasteiger partial charge >= 0.3 is 0 Å². The number of hydrazone groups is 1. The van der Waals surface area contributed by atoms with Gasteiger partial charge in [0.25, 0.3) is 0 Å². The number of amides is 1. The van der Waals surface area contributed by atoms with Crippen LogP contribution in [0.3, 0.4) is 0 Å². The summed E-state index contributed by atoms with van der Waals surface area (Å²) in [4.78, 5) is 12.1. The Balaban J connectivity index is 2.10. The largest absolute Gasteiger partial charge is 0.272 e. The van der Waals surface area contributed by atoms with Crippen LogP contribution in [0.15, 0.2) is 23.3 Å². The van der Waals surface area contributed by atoms with Crippen molar-refractivity contribution in [1.29, 1.82) is 0 Å². The fraction of sp³-hybridized carbons (Fsp3) is 0.385. The average molecular weight is 443 g/mol. The lowest BCUT2D eigenvalue weighted by molar-refractivity contribution is -0.125. The molecule has 0 bridgehead atoms. The summed E-state index contributed by atoms with van der Waals surface area (Å²) >= 11 is 18.8. The van der Waals surface area contributed by atoms with Gasteiger partial charge < -0.3 is 0 Å². The molecule has 0 saturated heterocycles. The molecule has 1 aliphatic carbocycles. The van der Waals surface area contributed by atoms with Crippen LogP contribution in [0.25, 0.3) is 0 Å². The van der Waals surface area contributed by atoms with Crippen molar-refractivity contribution >= 4 is 66.7 Å². The van der Waals surface area contributed by atoms with Crippen molar-refractivity contribution in [3.63, 3.8) is 0 Å². The summed E-state index contributed by atoms with van der Waals surface area (Å²) in [7, 11) is 0. The number of nitrogens with zero attached hydrogens (tertiary/aromatic N) is 1. The highest BCUT2D eigenvalue weighted by Crippen LogP contribution is 2.66. The molecule has 1 aromatic carbocycles. The van der Waals surface area contributed by atoms with Crippen molar-refractivity contribution in [2.24, 2.45) is 10.5 Å². The van der Waals surface area contributed by atoms with Crippen molar-refractivity contribution in [1.82, 2.24) is 5.43 Å². The molecule has 0 aliphatic heterocycles. The molecule has 1 aromatic rings. The minimum absolute atomic E-state index is 0.143. The van der Waals surface area contributed by atoms with Crippen LogP contribution < -0.4 is 5.43 Å². The Morgan fingerprint density at radius 2 is 2.00 bits per heavy atom. The van der Waals surface area contributed by atoms with E-state index in [1.54, 1.807) is 25.1 Å². The molecule has 2 rings (SSSR count). The highest BCUT2D eigenvalue weighted by molar-refractivity contribution is 9.25. The molecule has 1 fully saturated rings. The highest BCUT2D eigenvalue weighted by Gasteiger charge is 2.66. The molecule has 20 heavy (non-hydrogen) atoms. The van der Waals surface area contributed by atoms with E-state index >= 15 is 0 Å². The predicted molar refractivity (Wildman–Crippen MR) is 90.1 cm³/mol. The quantitative estimate of drug-likeness (QED) is 0.410. The lowest BCUT2D eigenvalue weighted by atomic mass is 10.1. The third kappa shape index (κ3) is 3.06. The summed E-state index contributed by atoms with van der Waals surface area (Å²) in [6.07, 6.45) is 0.710. The Morgan fingerprint density at radius 1 is 1.40 bits per heavy atom. The van der Waals surface area contributed by atoms with Crippen LogP contribution in [0.1, 0.15) is 25.8 Å². The third-order valence-corrected chi connectivity index (χ3v) is 6.26. The molecule has 0 heterocycles. The number of alkyl halides is 2. The van der Waals surface area contributed by atoms with Gasteiger partial charge in [-0.2, -0.15) is 5.10 Å². The van der Waals surface area contributed by atoms with E-state index in [1.807, 2.05) is 6.92 Å². The van der Waals surface area contributed by atoms with Gasteiger partial charge in [0.1, 0.15) is 0 Å². The summed E-state index contributed by atoms with van der Waals surface area (Å²) in [5, 5.41) is 5.17. The van der Waals surface area contributed by atoms with E-state index in [9.17, 15) is 4.79 Å². The minimum Gasteiger partial charge on any atom is -0.272 e. The van der Waals surface area contributed by atoms with Gasteiger partial charge in [0.05, 0.1) is 19.4 Å². The van der Waals surface area contributed by atoms with Gasteiger partial charge in [-0.05, 0) is 32.4 Å². The lowest BCUT2D eigenvalue weighted by Gasteiger charge is -2.11. The Bertz CT molecular complexity index is 604. The monoisotopic (exact) mass is 440 g/mol. The maximum Gasteiger partial charge on any atom is 0.248 e. The van der Waals surface area contributed by atoms with E-state index in [0.717, 1.165) is 5.56 Å². The van der Waals surface area contributed by atoms with Crippen molar-refractivity contribution in [2.45, 2.75) is 23.5 Å². The molecule has 7 heteroatoms. The topological polar surface area (TPSA) is 41.5 Å². The summed E-state index contributed by atoms with van der Waals surface area (Å²) in [6, 6.07) is 5.14. The summed E-state index contributed by atoms with van der Waals surface area (Å²) < 4.78 is -0.335. The fourth-order valence-electron chi connectivity index (χ4n) is 1.75. The number of hydrogen-bond donors (Lipinski definition) is 1. The van der Waals surface area contributed by atoms with Crippen molar-refractivity contribution in [3.8, 4) is 0 Å². The molecule has 1 amide bonds. The van der Waals surface area contributed by atoms with E-state index < -0.39 is 5.41 Å². The molecular weight excluding hydrogens is 431 g/mol. The normalized spacial score (nSPS) is 24.4. The van der Waals surface area contributed by atoms with E-state index in [0.29, 0.717) is 22.2 Å². The first-order valence-corrected chi connectivity index (χ1v) is 8.19. The zero-order valence-corrected chi connectivity index (χ0v) is 15.5. The summed E-state index contributed by atoms with van der Waals surface area (Å²) in [6.45, 7) is 3.64. The van der Waals surface area contributed by atoms with Gasteiger partial charge in [-0.15, -0.1) is 0 Å².